The summed E-state index contributed by atoms with van der Waals surface area (Å²) in [7, 11) is 0. The number of aryl methyl sites for hydroxylation is 2. The van der Waals surface area contributed by atoms with Crippen LogP contribution in [-0.4, -0.2) is 15.0 Å². The van der Waals surface area contributed by atoms with Crippen LogP contribution in [-0.2, 0) is 6.54 Å². The van der Waals surface area contributed by atoms with Crippen LogP contribution in [0.3, 0.4) is 0 Å². The standard InChI is InChI=1S/C12H14N4S2/c1-7-3-8(2)16-12(10(7)11(13)17)14-4-9-5-18-6-15-9/h3,5-6H,4H2,1-2H3,(H2,13,17)(H,14,16). The summed E-state index contributed by atoms with van der Waals surface area (Å²) in [6, 6.07) is 1.97. The lowest BCUT2D eigenvalue weighted by Gasteiger charge is -2.13. The summed E-state index contributed by atoms with van der Waals surface area (Å²) in [4.78, 5) is 9.03. The number of thiazole rings is 1. The van der Waals surface area contributed by atoms with Crippen LogP contribution >= 0.6 is 23.6 Å². The molecular weight excluding hydrogens is 264 g/mol. The molecule has 0 saturated carbocycles. The van der Waals surface area contributed by atoms with E-state index in [1.54, 1.807) is 16.8 Å². The van der Waals surface area contributed by atoms with E-state index in [4.69, 9.17) is 18.0 Å². The second kappa shape index (κ2) is 5.41. The third-order valence-electron chi connectivity index (χ3n) is 2.51. The Kier molecular flexibility index (Phi) is 3.88. The highest BCUT2D eigenvalue weighted by atomic mass is 32.1. The zero-order chi connectivity index (χ0) is 13.1. The van der Waals surface area contributed by atoms with Crippen LogP contribution in [0.25, 0.3) is 0 Å². The molecule has 3 N–H and O–H groups in total. The van der Waals surface area contributed by atoms with Gasteiger partial charge in [-0.15, -0.1) is 11.3 Å². The fourth-order valence-electron chi connectivity index (χ4n) is 1.77. The van der Waals surface area contributed by atoms with Crippen LogP contribution in [0, 0.1) is 13.8 Å². The number of anilines is 1. The molecule has 4 nitrogen and oxygen atoms in total. The Bertz CT molecular complexity index is 564. The van der Waals surface area contributed by atoms with Crippen LogP contribution in [0.4, 0.5) is 5.82 Å². The van der Waals surface area contributed by atoms with Crippen LogP contribution in [0.15, 0.2) is 17.0 Å². The van der Waals surface area contributed by atoms with Crippen LogP contribution in [0.5, 0.6) is 0 Å². The lowest BCUT2D eigenvalue weighted by atomic mass is 10.1. The summed E-state index contributed by atoms with van der Waals surface area (Å²) in [5, 5.41) is 5.24. The molecule has 0 aliphatic rings. The fourth-order valence-corrected chi connectivity index (χ4v) is 2.59. The zero-order valence-electron chi connectivity index (χ0n) is 10.2. The van der Waals surface area contributed by atoms with Gasteiger partial charge < -0.3 is 11.1 Å². The first-order chi connectivity index (χ1) is 8.58. The molecule has 2 heterocycles. The molecule has 0 spiro atoms. The first-order valence-corrected chi connectivity index (χ1v) is 6.82. The summed E-state index contributed by atoms with van der Waals surface area (Å²) in [5.41, 5.74) is 11.3. The molecular formula is C12H14N4S2. The second-order valence-corrected chi connectivity index (χ2v) is 5.16. The van der Waals surface area contributed by atoms with E-state index in [0.29, 0.717) is 11.5 Å². The average Bonchev–Trinajstić information content (AvgIpc) is 2.77. The number of aromatic nitrogens is 2. The summed E-state index contributed by atoms with van der Waals surface area (Å²) in [5.74, 6) is 0.730. The Morgan fingerprint density at radius 1 is 1.50 bits per heavy atom. The number of hydrogen-bond donors (Lipinski definition) is 2. The zero-order valence-corrected chi connectivity index (χ0v) is 11.9. The van der Waals surface area contributed by atoms with Crippen molar-refractivity contribution in [3.05, 3.63) is 39.5 Å². The Hall–Kier alpha value is -1.53. The predicted octanol–water partition coefficient (Wildman–Crippen LogP) is 2.40. The maximum Gasteiger partial charge on any atom is 0.137 e. The molecule has 0 aromatic carbocycles. The first kappa shape index (κ1) is 12.9. The third-order valence-corrected chi connectivity index (χ3v) is 3.35. The Morgan fingerprint density at radius 2 is 2.28 bits per heavy atom. The SMILES string of the molecule is Cc1cc(C)c(C(N)=S)c(NCc2cscn2)n1. The van der Waals surface area contributed by atoms with Crippen molar-refractivity contribution in [3.63, 3.8) is 0 Å². The Balaban J connectivity index is 2.28. The van der Waals surface area contributed by atoms with E-state index in [1.807, 2.05) is 25.3 Å². The number of nitrogens with one attached hydrogen (secondary N) is 1. The van der Waals surface area contributed by atoms with Gasteiger partial charge in [-0.1, -0.05) is 12.2 Å². The van der Waals surface area contributed by atoms with Crippen molar-refractivity contribution in [2.24, 2.45) is 5.73 Å². The molecule has 94 valence electrons. The van der Waals surface area contributed by atoms with Gasteiger partial charge in [0, 0.05) is 11.1 Å². The van der Waals surface area contributed by atoms with Gasteiger partial charge in [-0.25, -0.2) is 9.97 Å². The van der Waals surface area contributed by atoms with Crippen molar-refractivity contribution < 1.29 is 0 Å². The number of hydrogen-bond acceptors (Lipinski definition) is 5. The topological polar surface area (TPSA) is 63.8 Å². The van der Waals surface area contributed by atoms with Crippen molar-refractivity contribution in [2.75, 3.05) is 5.32 Å². The van der Waals surface area contributed by atoms with Gasteiger partial charge in [-0.2, -0.15) is 0 Å². The number of pyridine rings is 1. The van der Waals surface area contributed by atoms with Gasteiger partial charge in [0.2, 0.25) is 0 Å². The highest BCUT2D eigenvalue weighted by Gasteiger charge is 2.11. The third kappa shape index (κ3) is 2.83. The molecule has 0 aliphatic carbocycles. The Labute approximate surface area is 115 Å². The normalized spacial score (nSPS) is 10.3. The van der Waals surface area contributed by atoms with Gasteiger partial charge in [-0.3, -0.25) is 0 Å². The molecule has 0 unspecified atom stereocenters. The maximum atomic E-state index is 5.75. The molecule has 18 heavy (non-hydrogen) atoms. The molecule has 0 aliphatic heterocycles. The monoisotopic (exact) mass is 278 g/mol. The number of nitrogens with zero attached hydrogens (tertiary/aromatic N) is 2. The molecule has 0 saturated heterocycles. The molecule has 2 aromatic heterocycles. The highest BCUT2D eigenvalue weighted by Crippen LogP contribution is 2.19. The average molecular weight is 278 g/mol. The Morgan fingerprint density at radius 3 is 2.89 bits per heavy atom. The lowest BCUT2D eigenvalue weighted by molar-refractivity contribution is 1.04. The van der Waals surface area contributed by atoms with Crippen molar-refractivity contribution in [1.82, 2.24) is 9.97 Å². The van der Waals surface area contributed by atoms with E-state index in [1.165, 1.54) is 0 Å². The molecule has 6 heteroatoms. The summed E-state index contributed by atoms with van der Waals surface area (Å²) < 4.78 is 0. The minimum atomic E-state index is 0.362. The largest absolute Gasteiger partial charge is 0.389 e. The smallest absolute Gasteiger partial charge is 0.137 e. The molecule has 0 bridgehead atoms. The summed E-state index contributed by atoms with van der Waals surface area (Å²) in [6.45, 7) is 4.55. The van der Waals surface area contributed by atoms with Gasteiger partial charge in [-0.05, 0) is 25.5 Å². The molecule has 0 fully saturated rings. The van der Waals surface area contributed by atoms with Crippen LogP contribution in [0.1, 0.15) is 22.5 Å². The molecule has 2 rings (SSSR count). The predicted molar refractivity (Wildman–Crippen MR) is 79.0 cm³/mol. The van der Waals surface area contributed by atoms with Crippen molar-refractivity contribution in [2.45, 2.75) is 20.4 Å². The van der Waals surface area contributed by atoms with E-state index in [9.17, 15) is 0 Å². The fraction of sp³-hybridized carbons (Fsp3) is 0.250. The van der Waals surface area contributed by atoms with E-state index >= 15 is 0 Å². The number of rotatable bonds is 4. The van der Waals surface area contributed by atoms with Crippen LogP contribution in [0.2, 0.25) is 0 Å². The van der Waals surface area contributed by atoms with Gasteiger partial charge in [0.1, 0.15) is 10.8 Å². The number of thiocarbonyl (C=S) groups is 1. The van der Waals surface area contributed by atoms with E-state index in [-0.39, 0.29) is 0 Å². The molecule has 0 amide bonds. The summed E-state index contributed by atoms with van der Waals surface area (Å²) >= 11 is 6.65. The molecule has 0 atom stereocenters. The van der Waals surface area contributed by atoms with Gasteiger partial charge in [0.05, 0.1) is 23.3 Å². The molecule has 2 aromatic rings. The van der Waals surface area contributed by atoms with Crippen molar-refractivity contribution >= 4 is 34.4 Å². The second-order valence-electron chi connectivity index (χ2n) is 4.00. The molecule has 0 radical (unpaired) electrons. The minimum absolute atomic E-state index is 0.362. The maximum absolute atomic E-state index is 5.75. The van der Waals surface area contributed by atoms with E-state index in [2.05, 4.69) is 15.3 Å². The van der Waals surface area contributed by atoms with Gasteiger partial charge in [0.25, 0.3) is 0 Å². The van der Waals surface area contributed by atoms with E-state index in [0.717, 1.165) is 28.3 Å². The summed E-state index contributed by atoms with van der Waals surface area (Å²) in [6.07, 6.45) is 0. The van der Waals surface area contributed by atoms with Gasteiger partial charge >= 0.3 is 0 Å². The van der Waals surface area contributed by atoms with Crippen molar-refractivity contribution in [3.8, 4) is 0 Å². The highest BCUT2D eigenvalue weighted by molar-refractivity contribution is 7.80. The minimum Gasteiger partial charge on any atom is -0.389 e. The van der Waals surface area contributed by atoms with E-state index < -0.39 is 0 Å². The lowest BCUT2D eigenvalue weighted by Crippen LogP contribution is -2.16. The quantitative estimate of drug-likeness (QED) is 0.841. The van der Waals surface area contributed by atoms with Crippen molar-refractivity contribution in [1.29, 1.82) is 0 Å². The first-order valence-electron chi connectivity index (χ1n) is 5.47. The van der Waals surface area contributed by atoms with Gasteiger partial charge in [0.15, 0.2) is 0 Å². The van der Waals surface area contributed by atoms with Crippen LogP contribution < -0.4 is 11.1 Å². The number of nitrogens with two attached hydrogens (primary N) is 1.